The lowest BCUT2D eigenvalue weighted by atomic mass is 10.1. The van der Waals surface area contributed by atoms with Gasteiger partial charge in [-0.05, 0) is 36.4 Å². The van der Waals surface area contributed by atoms with Crippen molar-refractivity contribution in [3.63, 3.8) is 0 Å². The van der Waals surface area contributed by atoms with Gasteiger partial charge in [-0.1, -0.05) is 17.7 Å². The summed E-state index contributed by atoms with van der Waals surface area (Å²) in [6, 6.07) is 12.0. The summed E-state index contributed by atoms with van der Waals surface area (Å²) >= 11 is 5.85. The largest absolute Gasteiger partial charge is 0.485 e. The van der Waals surface area contributed by atoms with Crippen molar-refractivity contribution >= 4 is 17.4 Å². The predicted molar refractivity (Wildman–Crippen MR) is 73.8 cm³/mol. The van der Waals surface area contributed by atoms with Gasteiger partial charge < -0.3 is 14.2 Å². The predicted octanol–water partition coefficient (Wildman–Crippen LogP) is 3.33. The highest BCUT2D eigenvalue weighted by Gasteiger charge is 2.16. The van der Waals surface area contributed by atoms with Gasteiger partial charge in [0.1, 0.15) is 5.75 Å². The van der Waals surface area contributed by atoms with Crippen LogP contribution in [0.5, 0.6) is 17.2 Å². The Kier molecular flexibility index (Phi) is 3.48. The molecule has 0 amide bonds. The Morgan fingerprint density at radius 3 is 2.85 bits per heavy atom. The number of hydrogen-bond donors (Lipinski definition) is 0. The number of fused-ring (bicyclic) bond motifs is 1. The third-order valence-corrected chi connectivity index (χ3v) is 3.10. The average molecular weight is 291 g/mol. The highest BCUT2D eigenvalue weighted by molar-refractivity contribution is 6.30. The molecule has 1 aliphatic rings. The van der Waals surface area contributed by atoms with Crippen LogP contribution in [0.15, 0.2) is 42.5 Å². The van der Waals surface area contributed by atoms with Gasteiger partial charge in [-0.25, -0.2) is 0 Å². The van der Waals surface area contributed by atoms with E-state index in [4.69, 9.17) is 25.8 Å². The highest BCUT2D eigenvalue weighted by atomic mass is 35.5. The smallest absolute Gasteiger partial charge is 0.231 e. The van der Waals surface area contributed by atoms with Crippen LogP contribution in [0.1, 0.15) is 10.4 Å². The van der Waals surface area contributed by atoms with Crippen molar-refractivity contribution in [3.05, 3.63) is 53.1 Å². The number of Topliss-reactive ketones (excluding diaryl/α,β-unsaturated/α-hetero) is 1. The highest BCUT2D eigenvalue weighted by Crippen LogP contribution is 2.32. The van der Waals surface area contributed by atoms with Crippen LogP contribution in [-0.2, 0) is 0 Å². The molecule has 20 heavy (non-hydrogen) atoms. The van der Waals surface area contributed by atoms with Crippen molar-refractivity contribution in [2.75, 3.05) is 13.4 Å². The van der Waals surface area contributed by atoms with E-state index >= 15 is 0 Å². The van der Waals surface area contributed by atoms with Crippen LogP contribution in [0.3, 0.4) is 0 Å². The number of ether oxygens (including phenoxy) is 3. The third kappa shape index (κ3) is 2.70. The number of halogens is 1. The number of benzene rings is 2. The van der Waals surface area contributed by atoms with Crippen LogP contribution in [0.4, 0.5) is 0 Å². The molecule has 0 spiro atoms. The molecule has 0 unspecified atom stereocenters. The Hall–Kier alpha value is -2.20. The molecule has 0 fully saturated rings. The molecular formula is C15H11ClO4. The van der Waals surface area contributed by atoms with Gasteiger partial charge in [0.2, 0.25) is 6.79 Å². The molecule has 0 aliphatic carbocycles. The summed E-state index contributed by atoms with van der Waals surface area (Å²) in [5.74, 6) is 1.66. The maximum Gasteiger partial charge on any atom is 0.231 e. The Balaban J connectivity index is 1.67. The van der Waals surface area contributed by atoms with E-state index in [9.17, 15) is 4.79 Å². The maximum atomic E-state index is 12.0. The molecule has 0 saturated heterocycles. The Labute approximate surface area is 120 Å². The number of carbonyl (C=O) groups excluding carboxylic acids is 1. The molecule has 0 radical (unpaired) electrons. The quantitative estimate of drug-likeness (QED) is 0.810. The summed E-state index contributed by atoms with van der Waals surface area (Å²) < 4.78 is 15.8. The summed E-state index contributed by atoms with van der Waals surface area (Å²) in [6.07, 6.45) is 0. The first-order valence-electron chi connectivity index (χ1n) is 6.03. The van der Waals surface area contributed by atoms with E-state index < -0.39 is 0 Å². The summed E-state index contributed by atoms with van der Waals surface area (Å²) in [7, 11) is 0. The van der Waals surface area contributed by atoms with Gasteiger partial charge >= 0.3 is 0 Å². The lowest BCUT2D eigenvalue weighted by molar-refractivity contribution is 0.0921. The number of hydrogen-bond acceptors (Lipinski definition) is 4. The van der Waals surface area contributed by atoms with Gasteiger partial charge in [-0.15, -0.1) is 0 Å². The van der Waals surface area contributed by atoms with Crippen LogP contribution in [0, 0.1) is 0 Å². The third-order valence-electron chi connectivity index (χ3n) is 2.86. The van der Waals surface area contributed by atoms with Crippen LogP contribution in [0.25, 0.3) is 0 Å². The fourth-order valence-corrected chi connectivity index (χ4v) is 2.04. The normalized spacial score (nSPS) is 12.2. The standard InChI is InChI=1S/C15H11ClO4/c16-11-2-1-3-12(7-11)18-8-13(17)10-4-5-14-15(6-10)20-9-19-14/h1-7H,8-9H2. The summed E-state index contributed by atoms with van der Waals surface area (Å²) in [5, 5.41) is 0.568. The van der Waals surface area contributed by atoms with Crippen LogP contribution >= 0.6 is 11.6 Å². The van der Waals surface area contributed by atoms with Gasteiger partial charge in [0.15, 0.2) is 23.9 Å². The van der Waals surface area contributed by atoms with Crippen molar-refractivity contribution in [2.45, 2.75) is 0 Å². The van der Waals surface area contributed by atoms with Crippen molar-refractivity contribution in [1.29, 1.82) is 0 Å². The molecule has 3 rings (SSSR count). The lowest BCUT2D eigenvalue weighted by Gasteiger charge is -2.06. The minimum absolute atomic E-state index is 0.0556. The van der Waals surface area contributed by atoms with Crippen LogP contribution in [-0.4, -0.2) is 19.2 Å². The number of ketones is 1. The van der Waals surface area contributed by atoms with E-state index in [-0.39, 0.29) is 19.2 Å². The molecule has 1 aliphatic heterocycles. The first-order chi connectivity index (χ1) is 9.72. The zero-order valence-electron chi connectivity index (χ0n) is 10.5. The van der Waals surface area contributed by atoms with E-state index in [1.54, 1.807) is 42.5 Å². The Morgan fingerprint density at radius 1 is 1.15 bits per heavy atom. The zero-order valence-corrected chi connectivity index (χ0v) is 11.2. The van der Waals surface area contributed by atoms with Gasteiger partial charge in [0.25, 0.3) is 0 Å². The lowest BCUT2D eigenvalue weighted by Crippen LogP contribution is -2.11. The second-order valence-electron chi connectivity index (χ2n) is 4.24. The minimum atomic E-state index is -0.136. The molecule has 0 atom stereocenters. The Morgan fingerprint density at radius 2 is 2.00 bits per heavy atom. The van der Waals surface area contributed by atoms with Gasteiger partial charge in [-0.2, -0.15) is 0 Å². The molecule has 5 heteroatoms. The molecule has 1 heterocycles. The summed E-state index contributed by atoms with van der Waals surface area (Å²) in [6.45, 7) is 0.131. The average Bonchev–Trinajstić information content (AvgIpc) is 2.92. The van der Waals surface area contributed by atoms with Crippen molar-refractivity contribution in [3.8, 4) is 17.2 Å². The molecular weight excluding hydrogens is 280 g/mol. The minimum Gasteiger partial charge on any atom is -0.485 e. The molecule has 4 nitrogen and oxygen atoms in total. The molecule has 2 aromatic carbocycles. The second-order valence-corrected chi connectivity index (χ2v) is 4.67. The molecule has 0 aromatic heterocycles. The molecule has 2 aromatic rings. The first-order valence-corrected chi connectivity index (χ1v) is 6.41. The van der Waals surface area contributed by atoms with E-state index in [2.05, 4.69) is 0 Å². The first kappa shape index (κ1) is 12.8. The van der Waals surface area contributed by atoms with Gasteiger partial charge in [0, 0.05) is 10.6 Å². The number of carbonyl (C=O) groups is 1. The molecule has 102 valence electrons. The summed E-state index contributed by atoms with van der Waals surface area (Å²) in [5.41, 5.74) is 0.524. The van der Waals surface area contributed by atoms with Gasteiger partial charge in [-0.3, -0.25) is 4.79 Å². The Bertz CT molecular complexity index is 654. The van der Waals surface area contributed by atoms with Crippen molar-refractivity contribution in [2.24, 2.45) is 0 Å². The molecule has 0 bridgehead atoms. The van der Waals surface area contributed by atoms with Crippen LogP contribution < -0.4 is 14.2 Å². The fourth-order valence-electron chi connectivity index (χ4n) is 1.86. The van der Waals surface area contributed by atoms with E-state index in [0.29, 0.717) is 27.8 Å². The zero-order chi connectivity index (χ0) is 13.9. The molecule has 0 N–H and O–H groups in total. The van der Waals surface area contributed by atoms with E-state index in [0.717, 1.165) is 0 Å². The molecule has 0 saturated carbocycles. The fraction of sp³-hybridized carbons (Fsp3) is 0.133. The van der Waals surface area contributed by atoms with E-state index in [1.165, 1.54) is 0 Å². The number of rotatable bonds is 4. The van der Waals surface area contributed by atoms with Gasteiger partial charge in [0.05, 0.1) is 0 Å². The van der Waals surface area contributed by atoms with Crippen molar-refractivity contribution < 1.29 is 19.0 Å². The monoisotopic (exact) mass is 290 g/mol. The maximum absolute atomic E-state index is 12.0. The topological polar surface area (TPSA) is 44.8 Å². The SMILES string of the molecule is O=C(COc1cccc(Cl)c1)c1ccc2c(c1)OCO2. The second kappa shape index (κ2) is 5.43. The van der Waals surface area contributed by atoms with E-state index in [1.807, 2.05) is 0 Å². The van der Waals surface area contributed by atoms with Crippen LogP contribution in [0.2, 0.25) is 5.02 Å². The summed E-state index contributed by atoms with van der Waals surface area (Å²) in [4.78, 5) is 12.0. The van der Waals surface area contributed by atoms with Crippen molar-refractivity contribution in [1.82, 2.24) is 0 Å².